The SMILES string of the molecule is C.C.C.C.C.C.C.C.C.C.C.C.C.C.C.C.O=c1cc(-c2ccc(O)c(O)c2)oc2cc(O)cc(O)c12. The van der Waals surface area contributed by atoms with Gasteiger partial charge in [-0.05, 0) is 18.2 Å². The minimum Gasteiger partial charge on any atom is -0.508 e. The minimum absolute atomic E-state index is 0. The summed E-state index contributed by atoms with van der Waals surface area (Å²) >= 11 is 0. The Bertz CT molecular complexity index is 915. The first-order valence-electron chi connectivity index (χ1n) is 5.98. The molecule has 4 N–H and O–H groups in total. The Hall–Kier alpha value is -3.15. The van der Waals surface area contributed by atoms with Gasteiger partial charge in [-0.15, -0.1) is 0 Å². The number of aromatic hydroxyl groups is 4. The van der Waals surface area contributed by atoms with Gasteiger partial charge < -0.3 is 24.8 Å². The van der Waals surface area contributed by atoms with Crippen LogP contribution in [0.3, 0.4) is 0 Å². The second-order valence-corrected chi connectivity index (χ2v) is 4.52. The van der Waals surface area contributed by atoms with E-state index in [-0.39, 0.29) is 159 Å². The smallest absolute Gasteiger partial charge is 0.197 e. The molecule has 0 saturated heterocycles. The summed E-state index contributed by atoms with van der Waals surface area (Å²) in [6.45, 7) is 0. The molecule has 6 nitrogen and oxygen atoms in total. The summed E-state index contributed by atoms with van der Waals surface area (Å²) in [5, 5.41) is 37.9. The lowest BCUT2D eigenvalue weighted by Gasteiger charge is -2.06. The fourth-order valence-corrected chi connectivity index (χ4v) is 2.07. The molecule has 0 bridgehead atoms. The molecule has 0 spiro atoms. The fourth-order valence-electron chi connectivity index (χ4n) is 2.07. The van der Waals surface area contributed by atoms with Gasteiger partial charge in [0.2, 0.25) is 0 Å². The van der Waals surface area contributed by atoms with Gasteiger partial charge in [0.15, 0.2) is 16.9 Å². The minimum atomic E-state index is -0.490. The van der Waals surface area contributed by atoms with Crippen LogP contribution in [-0.2, 0) is 0 Å². The molecule has 0 fully saturated rings. The van der Waals surface area contributed by atoms with Gasteiger partial charge in [-0.3, -0.25) is 4.79 Å². The first-order chi connectivity index (χ1) is 9.95. The molecule has 2 aromatic carbocycles. The summed E-state index contributed by atoms with van der Waals surface area (Å²) < 4.78 is 5.47. The zero-order valence-corrected chi connectivity index (χ0v) is 10.6. The number of benzene rings is 2. The van der Waals surface area contributed by atoms with Crippen molar-refractivity contribution < 1.29 is 24.8 Å². The van der Waals surface area contributed by atoms with Gasteiger partial charge in [0, 0.05) is 23.8 Å². The molecule has 0 saturated carbocycles. The molecule has 6 heteroatoms. The van der Waals surface area contributed by atoms with Crippen molar-refractivity contribution in [3.05, 3.63) is 46.6 Å². The lowest BCUT2D eigenvalue weighted by Crippen LogP contribution is -2.00. The van der Waals surface area contributed by atoms with Crippen LogP contribution in [0, 0.1) is 0 Å². The molecule has 1 heterocycles. The van der Waals surface area contributed by atoms with Gasteiger partial charge in [0.05, 0.1) is 0 Å². The second kappa shape index (κ2) is 35.0. The highest BCUT2D eigenvalue weighted by Gasteiger charge is 2.13. The number of phenols is 4. The molecule has 0 unspecified atom stereocenters. The molecule has 234 valence electrons. The molecule has 37 heavy (non-hydrogen) atoms. The summed E-state index contributed by atoms with van der Waals surface area (Å²) in [6.07, 6.45) is 0. The van der Waals surface area contributed by atoms with Gasteiger partial charge in [-0.2, -0.15) is 0 Å². The largest absolute Gasteiger partial charge is 0.508 e. The Kier molecular flexibility index (Phi) is 87.7. The van der Waals surface area contributed by atoms with Crippen molar-refractivity contribution in [2.24, 2.45) is 0 Å². The van der Waals surface area contributed by atoms with E-state index in [1.807, 2.05) is 0 Å². The zero-order valence-electron chi connectivity index (χ0n) is 10.6. The van der Waals surface area contributed by atoms with Crippen molar-refractivity contribution in [1.29, 1.82) is 0 Å². The van der Waals surface area contributed by atoms with Gasteiger partial charge in [-0.25, -0.2) is 0 Å². The van der Waals surface area contributed by atoms with Gasteiger partial charge in [-0.1, -0.05) is 119 Å². The molecule has 0 radical (unpaired) electrons. The van der Waals surface area contributed by atoms with Gasteiger partial charge in [0.1, 0.15) is 28.2 Å². The van der Waals surface area contributed by atoms with Crippen LogP contribution in [0.25, 0.3) is 22.3 Å². The Balaban J connectivity index is -0.0000000276. The normalized spacial score (nSPS) is 6.16. The van der Waals surface area contributed by atoms with E-state index in [2.05, 4.69) is 0 Å². The highest BCUT2D eigenvalue weighted by Crippen LogP contribution is 2.33. The van der Waals surface area contributed by atoms with E-state index in [0.717, 1.165) is 12.1 Å². The first kappa shape index (κ1) is 92.7. The van der Waals surface area contributed by atoms with E-state index in [1.54, 1.807) is 0 Å². The van der Waals surface area contributed by atoms with E-state index in [4.69, 9.17) is 4.42 Å². The highest BCUT2D eigenvalue weighted by atomic mass is 16.3. The number of rotatable bonds is 1. The molecular formula is C31H74O6. The first-order valence-corrected chi connectivity index (χ1v) is 5.98. The number of hydrogen-bond acceptors (Lipinski definition) is 6. The summed E-state index contributed by atoms with van der Waals surface area (Å²) in [4.78, 5) is 12.0. The van der Waals surface area contributed by atoms with Crippen LogP contribution >= 0.6 is 0 Å². The van der Waals surface area contributed by atoms with E-state index in [9.17, 15) is 25.2 Å². The highest BCUT2D eigenvalue weighted by molar-refractivity contribution is 5.86. The lowest BCUT2D eigenvalue weighted by molar-refractivity contribution is 0.404. The maximum Gasteiger partial charge on any atom is 0.197 e. The molecule has 3 aromatic rings. The third-order valence-corrected chi connectivity index (χ3v) is 3.05. The maximum atomic E-state index is 12.0. The number of hydrogen-bond donors (Lipinski definition) is 4. The Morgan fingerprint density at radius 2 is 0.919 bits per heavy atom. The molecule has 0 atom stereocenters. The third kappa shape index (κ3) is 17.9. The molecule has 0 aliphatic rings. The predicted octanol–water partition coefficient (Wildman–Crippen LogP) is 12.5. The molecule has 0 aliphatic carbocycles. The van der Waals surface area contributed by atoms with Crippen molar-refractivity contribution >= 4 is 11.0 Å². The van der Waals surface area contributed by atoms with Crippen LogP contribution in [-0.4, -0.2) is 20.4 Å². The van der Waals surface area contributed by atoms with Gasteiger partial charge in [0.25, 0.3) is 0 Å². The molecule has 3 rings (SSSR count). The van der Waals surface area contributed by atoms with Crippen LogP contribution < -0.4 is 5.43 Å². The summed E-state index contributed by atoms with van der Waals surface area (Å²) in [7, 11) is 0. The number of phenolic OH excluding ortho intramolecular Hbond substituents is 4. The van der Waals surface area contributed by atoms with E-state index in [0.29, 0.717) is 5.56 Å². The van der Waals surface area contributed by atoms with Gasteiger partial charge >= 0.3 is 0 Å². The Labute approximate surface area is 235 Å². The van der Waals surface area contributed by atoms with Crippen LogP contribution in [0.2, 0.25) is 0 Å². The predicted molar refractivity (Wildman–Crippen MR) is 182 cm³/mol. The van der Waals surface area contributed by atoms with E-state index < -0.39 is 5.43 Å². The monoisotopic (exact) mass is 543 g/mol. The van der Waals surface area contributed by atoms with E-state index in [1.165, 1.54) is 24.3 Å². The van der Waals surface area contributed by atoms with Crippen molar-refractivity contribution in [2.75, 3.05) is 0 Å². The Morgan fingerprint density at radius 3 is 1.32 bits per heavy atom. The summed E-state index contributed by atoms with van der Waals surface area (Å²) in [5.41, 5.74) is -0.106. The average molecular weight is 543 g/mol. The zero-order chi connectivity index (χ0) is 15.1. The van der Waals surface area contributed by atoms with Crippen LogP contribution in [0.15, 0.2) is 45.6 Å². The van der Waals surface area contributed by atoms with E-state index >= 15 is 0 Å². The molecular weight excluding hydrogens is 468 g/mol. The third-order valence-electron chi connectivity index (χ3n) is 3.05. The molecule has 0 amide bonds. The van der Waals surface area contributed by atoms with Crippen LogP contribution in [0.1, 0.15) is 119 Å². The van der Waals surface area contributed by atoms with Crippen molar-refractivity contribution in [3.63, 3.8) is 0 Å². The quantitative estimate of drug-likeness (QED) is 0.227. The average Bonchev–Trinajstić information content (AvgIpc) is 2.40. The van der Waals surface area contributed by atoms with Crippen molar-refractivity contribution in [3.8, 4) is 34.3 Å². The fraction of sp³-hybridized carbons (Fsp3) is 0.516. The lowest BCUT2D eigenvalue weighted by atomic mass is 10.1. The Morgan fingerprint density at radius 1 is 0.486 bits per heavy atom. The molecule has 0 aliphatic heterocycles. The van der Waals surface area contributed by atoms with Crippen molar-refractivity contribution in [2.45, 2.75) is 119 Å². The molecule has 1 aromatic heterocycles. The van der Waals surface area contributed by atoms with Crippen molar-refractivity contribution in [1.82, 2.24) is 0 Å². The summed E-state index contributed by atoms with van der Waals surface area (Å²) in [5.74, 6) is -1.13. The maximum absolute atomic E-state index is 12.0. The topological polar surface area (TPSA) is 111 Å². The van der Waals surface area contributed by atoms with Crippen LogP contribution in [0.5, 0.6) is 23.0 Å². The number of fused-ring (bicyclic) bond motifs is 1. The summed E-state index contributed by atoms with van der Waals surface area (Å²) in [6, 6.07) is 7.37. The standard InChI is InChI=1S/C15H10O6.16CH4/c16-8-4-11(19)15-12(20)6-13(21-14(15)5-8)7-1-2-9(17)10(18)3-7;;;;;;;;;;;;;;;;/h1-6,16-19H;16*1H4. The second-order valence-electron chi connectivity index (χ2n) is 4.52. The van der Waals surface area contributed by atoms with Crippen LogP contribution in [0.4, 0.5) is 0 Å².